The Balaban J connectivity index is 4.28. The molecule has 0 unspecified atom stereocenters. The van der Waals surface area contributed by atoms with E-state index in [9.17, 15) is 0 Å². The number of nitrogens with two attached hydrogens (primary N) is 2. The summed E-state index contributed by atoms with van der Waals surface area (Å²) >= 11 is 0. The van der Waals surface area contributed by atoms with Crippen molar-refractivity contribution in [1.29, 1.82) is 0 Å². The van der Waals surface area contributed by atoms with Crippen LogP contribution in [0.1, 0.15) is 40.5 Å². The molecule has 0 rings (SSSR count). The second kappa shape index (κ2) is 2.89. The van der Waals surface area contributed by atoms with Crippen LogP contribution in [0.4, 0.5) is 0 Å². The fourth-order valence-electron chi connectivity index (χ4n) is 0.808. The van der Waals surface area contributed by atoms with Gasteiger partial charge in [-0.05, 0) is 26.7 Å². The highest BCUT2D eigenvalue weighted by molar-refractivity contribution is 4.99. The molecule has 0 aromatic rings. The number of rotatable bonds is 3. The Hall–Kier alpha value is -0.0800. The van der Waals surface area contributed by atoms with Crippen LogP contribution in [-0.4, -0.2) is 11.1 Å². The van der Waals surface area contributed by atoms with Crippen LogP contribution in [0.25, 0.3) is 0 Å². The van der Waals surface area contributed by atoms with Crippen LogP contribution in [0.2, 0.25) is 0 Å². The number of hydrogen-bond donors (Lipinski definition) is 2. The zero-order chi connectivity index (χ0) is 8.41. The van der Waals surface area contributed by atoms with Crippen molar-refractivity contribution >= 4 is 0 Å². The first-order valence-corrected chi connectivity index (χ1v) is 3.95. The van der Waals surface area contributed by atoms with Gasteiger partial charge in [0.1, 0.15) is 0 Å². The molecule has 0 fully saturated rings. The molecule has 0 saturated carbocycles. The molecule has 0 aliphatic rings. The lowest BCUT2D eigenvalue weighted by atomic mass is 9.77. The highest BCUT2D eigenvalue weighted by atomic mass is 14.9. The fraction of sp³-hybridized carbons (Fsp3) is 1.00. The molecule has 0 aromatic heterocycles. The van der Waals surface area contributed by atoms with Crippen LogP contribution in [0.3, 0.4) is 0 Å². The Morgan fingerprint density at radius 2 is 1.10 bits per heavy atom. The van der Waals surface area contributed by atoms with Crippen LogP contribution < -0.4 is 11.5 Å². The molecule has 2 nitrogen and oxygen atoms in total. The maximum Gasteiger partial charge on any atom is 0.0302 e. The monoisotopic (exact) mass is 144 g/mol. The van der Waals surface area contributed by atoms with E-state index in [4.69, 9.17) is 11.5 Å². The Morgan fingerprint density at radius 3 is 1.20 bits per heavy atom. The van der Waals surface area contributed by atoms with Crippen molar-refractivity contribution in [3.05, 3.63) is 0 Å². The smallest absolute Gasteiger partial charge is 0.0302 e. The molecule has 10 heavy (non-hydrogen) atoms. The highest BCUT2D eigenvalue weighted by Crippen LogP contribution is 2.22. The first-order chi connectivity index (χ1) is 4.37. The van der Waals surface area contributed by atoms with Gasteiger partial charge in [-0.15, -0.1) is 0 Å². The summed E-state index contributed by atoms with van der Waals surface area (Å²) in [5, 5.41) is 0. The first-order valence-electron chi connectivity index (χ1n) is 3.95. The van der Waals surface area contributed by atoms with E-state index in [0.29, 0.717) is 0 Å². The maximum atomic E-state index is 5.98. The summed E-state index contributed by atoms with van der Waals surface area (Å²) in [6.07, 6.45) is 1.85. The second-order valence-corrected chi connectivity index (χ2v) is 3.54. The van der Waals surface area contributed by atoms with Crippen molar-refractivity contribution in [2.24, 2.45) is 11.5 Å². The van der Waals surface area contributed by atoms with Crippen molar-refractivity contribution in [1.82, 2.24) is 0 Å². The van der Waals surface area contributed by atoms with Crippen molar-refractivity contribution in [2.75, 3.05) is 0 Å². The molecule has 2 atom stereocenters. The molecule has 0 heterocycles. The summed E-state index contributed by atoms with van der Waals surface area (Å²) in [5.74, 6) is 0. The van der Waals surface area contributed by atoms with Crippen molar-refractivity contribution in [3.63, 3.8) is 0 Å². The van der Waals surface area contributed by atoms with Crippen LogP contribution in [-0.2, 0) is 0 Å². The van der Waals surface area contributed by atoms with Crippen LogP contribution >= 0.6 is 0 Å². The minimum Gasteiger partial charge on any atom is -0.324 e. The molecule has 62 valence electrons. The van der Waals surface area contributed by atoms with E-state index < -0.39 is 0 Å². The molecule has 0 amide bonds. The largest absolute Gasteiger partial charge is 0.324 e. The van der Waals surface area contributed by atoms with Crippen LogP contribution in [0.5, 0.6) is 0 Å². The van der Waals surface area contributed by atoms with Crippen LogP contribution in [0.15, 0.2) is 0 Å². The summed E-state index contributed by atoms with van der Waals surface area (Å²) < 4.78 is 0. The third-order valence-electron chi connectivity index (χ3n) is 2.77. The van der Waals surface area contributed by atoms with Gasteiger partial charge in [-0.1, -0.05) is 13.8 Å². The lowest BCUT2D eigenvalue weighted by Gasteiger charge is -2.39. The Morgan fingerprint density at radius 1 is 0.900 bits per heavy atom. The molecule has 0 saturated heterocycles. The average Bonchev–Trinajstić information content (AvgIpc) is 1.88. The van der Waals surface area contributed by atoms with E-state index in [1.54, 1.807) is 0 Å². The standard InChI is InChI=1S/C8H20N2/c1-5-7(3,9)8(4,10)6-2/h5-6,9-10H2,1-4H3/t7-,8-/m1/s1. The lowest BCUT2D eigenvalue weighted by Crippen LogP contribution is -2.61. The molecule has 0 aliphatic heterocycles. The molecule has 4 N–H and O–H groups in total. The van der Waals surface area contributed by atoms with Gasteiger partial charge in [0.15, 0.2) is 0 Å². The zero-order valence-corrected chi connectivity index (χ0v) is 7.57. The van der Waals surface area contributed by atoms with E-state index in [2.05, 4.69) is 13.8 Å². The zero-order valence-electron chi connectivity index (χ0n) is 7.57. The van der Waals surface area contributed by atoms with E-state index in [1.165, 1.54) is 0 Å². The lowest BCUT2D eigenvalue weighted by molar-refractivity contribution is 0.244. The minimum atomic E-state index is -0.234. The van der Waals surface area contributed by atoms with E-state index in [-0.39, 0.29) is 11.1 Å². The quantitative estimate of drug-likeness (QED) is 0.626. The molecule has 0 spiro atoms. The molecular formula is C8H20N2. The molecular weight excluding hydrogens is 124 g/mol. The molecule has 0 radical (unpaired) electrons. The van der Waals surface area contributed by atoms with E-state index in [0.717, 1.165) is 12.8 Å². The topological polar surface area (TPSA) is 52.0 Å². The highest BCUT2D eigenvalue weighted by Gasteiger charge is 2.34. The van der Waals surface area contributed by atoms with Gasteiger partial charge in [0.05, 0.1) is 0 Å². The molecule has 0 aromatic carbocycles. The van der Waals surface area contributed by atoms with Crippen LogP contribution in [0, 0.1) is 0 Å². The maximum absolute atomic E-state index is 5.98. The third kappa shape index (κ3) is 1.70. The third-order valence-corrected chi connectivity index (χ3v) is 2.77. The normalized spacial score (nSPS) is 23.4. The predicted octanol–water partition coefficient (Wildman–Crippen LogP) is 1.24. The summed E-state index contributed by atoms with van der Waals surface area (Å²) in [6.45, 7) is 8.16. The molecule has 0 bridgehead atoms. The van der Waals surface area contributed by atoms with Gasteiger partial charge in [-0.2, -0.15) is 0 Å². The van der Waals surface area contributed by atoms with Gasteiger partial charge in [-0.3, -0.25) is 0 Å². The van der Waals surface area contributed by atoms with Crippen molar-refractivity contribution in [3.8, 4) is 0 Å². The summed E-state index contributed by atoms with van der Waals surface area (Å²) in [4.78, 5) is 0. The van der Waals surface area contributed by atoms with Gasteiger partial charge in [0.2, 0.25) is 0 Å². The summed E-state index contributed by atoms with van der Waals surface area (Å²) in [7, 11) is 0. The minimum absolute atomic E-state index is 0.234. The summed E-state index contributed by atoms with van der Waals surface area (Å²) in [5.41, 5.74) is 11.5. The molecule has 0 aliphatic carbocycles. The van der Waals surface area contributed by atoms with Gasteiger partial charge < -0.3 is 11.5 Å². The summed E-state index contributed by atoms with van der Waals surface area (Å²) in [6, 6.07) is 0. The van der Waals surface area contributed by atoms with Gasteiger partial charge in [0.25, 0.3) is 0 Å². The van der Waals surface area contributed by atoms with Crippen molar-refractivity contribution < 1.29 is 0 Å². The Labute approximate surface area is 64.0 Å². The van der Waals surface area contributed by atoms with Crippen molar-refractivity contribution in [2.45, 2.75) is 51.6 Å². The van der Waals surface area contributed by atoms with Gasteiger partial charge in [0, 0.05) is 11.1 Å². The number of hydrogen-bond acceptors (Lipinski definition) is 2. The van der Waals surface area contributed by atoms with E-state index in [1.807, 2.05) is 13.8 Å². The SMILES string of the molecule is CC[C@@](C)(N)[C@](C)(N)CC. The fourth-order valence-corrected chi connectivity index (χ4v) is 0.808. The first kappa shape index (κ1) is 9.92. The van der Waals surface area contributed by atoms with Gasteiger partial charge >= 0.3 is 0 Å². The second-order valence-electron chi connectivity index (χ2n) is 3.54. The average molecular weight is 144 g/mol. The Bertz CT molecular complexity index is 91.8. The Kier molecular flexibility index (Phi) is 2.86. The molecule has 2 heteroatoms. The van der Waals surface area contributed by atoms with E-state index >= 15 is 0 Å². The van der Waals surface area contributed by atoms with Gasteiger partial charge in [-0.25, -0.2) is 0 Å². The predicted molar refractivity (Wildman–Crippen MR) is 45.8 cm³/mol.